The zero-order chi connectivity index (χ0) is 12.0. The standard InChI is InChI=1S/C11H18N2O2S/c1-3-4-6-13(7-5-10(14)15)11-12-9(2)8-16-11/h8H,3-7H2,1-2H3,(H,14,15). The minimum Gasteiger partial charge on any atom is -0.481 e. The van der Waals surface area contributed by atoms with Gasteiger partial charge in [-0.1, -0.05) is 13.3 Å². The van der Waals surface area contributed by atoms with E-state index in [9.17, 15) is 4.79 Å². The highest BCUT2D eigenvalue weighted by atomic mass is 32.1. The Labute approximate surface area is 99.9 Å². The smallest absolute Gasteiger partial charge is 0.305 e. The largest absolute Gasteiger partial charge is 0.481 e. The number of rotatable bonds is 7. The lowest BCUT2D eigenvalue weighted by Gasteiger charge is -2.20. The van der Waals surface area contributed by atoms with Crippen LogP contribution in [0.3, 0.4) is 0 Å². The van der Waals surface area contributed by atoms with E-state index in [4.69, 9.17) is 5.11 Å². The minimum absolute atomic E-state index is 0.169. The van der Waals surface area contributed by atoms with Crippen molar-refractivity contribution in [2.24, 2.45) is 0 Å². The molecule has 0 aliphatic carbocycles. The SMILES string of the molecule is CCCCN(CCC(=O)O)c1nc(C)cs1. The number of hydrogen-bond donors (Lipinski definition) is 1. The molecule has 16 heavy (non-hydrogen) atoms. The number of anilines is 1. The van der Waals surface area contributed by atoms with Crippen LogP contribution in [0.5, 0.6) is 0 Å². The molecule has 0 spiro atoms. The first-order chi connectivity index (χ1) is 7.63. The Morgan fingerprint density at radius 1 is 1.56 bits per heavy atom. The molecule has 0 atom stereocenters. The van der Waals surface area contributed by atoms with E-state index in [1.54, 1.807) is 11.3 Å². The number of thiazole rings is 1. The maximum atomic E-state index is 10.6. The third-order valence-corrected chi connectivity index (χ3v) is 3.27. The van der Waals surface area contributed by atoms with Crippen molar-refractivity contribution >= 4 is 22.4 Å². The lowest BCUT2D eigenvalue weighted by molar-refractivity contribution is -0.136. The van der Waals surface area contributed by atoms with E-state index in [-0.39, 0.29) is 6.42 Å². The fourth-order valence-corrected chi connectivity index (χ4v) is 2.23. The number of aryl methyl sites for hydroxylation is 1. The van der Waals surface area contributed by atoms with Gasteiger partial charge in [0.05, 0.1) is 12.1 Å². The topological polar surface area (TPSA) is 53.4 Å². The molecule has 0 saturated heterocycles. The Bertz CT molecular complexity index is 338. The second-order valence-corrected chi connectivity index (χ2v) is 4.59. The molecule has 5 heteroatoms. The van der Waals surface area contributed by atoms with Crippen molar-refractivity contribution in [3.05, 3.63) is 11.1 Å². The first-order valence-corrected chi connectivity index (χ1v) is 6.40. The zero-order valence-electron chi connectivity index (χ0n) is 9.77. The second-order valence-electron chi connectivity index (χ2n) is 3.76. The summed E-state index contributed by atoms with van der Waals surface area (Å²) < 4.78 is 0. The molecule has 1 heterocycles. The van der Waals surface area contributed by atoms with Crippen LogP contribution in [-0.2, 0) is 4.79 Å². The Balaban J connectivity index is 2.59. The number of nitrogens with zero attached hydrogens (tertiary/aromatic N) is 2. The summed E-state index contributed by atoms with van der Waals surface area (Å²) in [5.74, 6) is -0.755. The van der Waals surface area contributed by atoms with E-state index in [0.29, 0.717) is 6.54 Å². The van der Waals surface area contributed by atoms with Crippen LogP contribution in [0.4, 0.5) is 5.13 Å². The summed E-state index contributed by atoms with van der Waals surface area (Å²) in [5.41, 5.74) is 0.997. The van der Waals surface area contributed by atoms with Crippen LogP contribution in [0.2, 0.25) is 0 Å². The maximum Gasteiger partial charge on any atom is 0.305 e. The summed E-state index contributed by atoms with van der Waals surface area (Å²) in [5, 5.41) is 11.6. The number of hydrogen-bond acceptors (Lipinski definition) is 4. The molecule has 1 rings (SSSR count). The summed E-state index contributed by atoms with van der Waals surface area (Å²) in [6.45, 7) is 5.51. The lowest BCUT2D eigenvalue weighted by atomic mass is 10.3. The molecule has 0 bridgehead atoms. The molecule has 0 aliphatic heterocycles. The predicted octanol–water partition coefficient (Wildman–Crippen LogP) is 2.53. The molecular weight excluding hydrogens is 224 g/mol. The molecule has 4 nitrogen and oxygen atoms in total. The molecule has 0 unspecified atom stereocenters. The normalized spacial score (nSPS) is 10.4. The Morgan fingerprint density at radius 3 is 2.81 bits per heavy atom. The van der Waals surface area contributed by atoms with Crippen molar-refractivity contribution in [3.63, 3.8) is 0 Å². The van der Waals surface area contributed by atoms with Gasteiger partial charge >= 0.3 is 5.97 Å². The van der Waals surface area contributed by atoms with Crippen LogP contribution < -0.4 is 4.90 Å². The van der Waals surface area contributed by atoms with Crippen molar-refractivity contribution in [1.82, 2.24) is 4.98 Å². The van der Waals surface area contributed by atoms with Gasteiger partial charge in [0, 0.05) is 18.5 Å². The van der Waals surface area contributed by atoms with Gasteiger partial charge in [-0.2, -0.15) is 0 Å². The van der Waals surface area contributed by atoms with Gasteiger partial charge in [0.1, 0.15) is 0 Å². The number of unbranched alkanes of at least 4 members (excludes halogenated alkanes) is 1. The van der Waals surface area contributed by atoms with Crippen LogP contribution in [0, 0.1) is 6.92 Å². The molecule has 0 radical (unpaired) electrons. The van der Waals surface area contributed by atoms with Gasteiger partial charge in [0.15, 0.2) is 5.13 Å². The van der Waals surface area contributed by atoms with Gasteiger partial charge in [0.25, 0.3) is 0 Å². The molecule has 1 N–H and O–H groups in total. The van der Waals surface area contributed by atoms with Crippen LogP contribution in [-0.4, -0.2) is 29.1 Å². The van der Waals surface area contributed by atoms with Crippen molar-refractivity contribution in [3.8, 4) is 0 Å². The number of carboxylic acids is 1. The van der Waals surface area contributed by atoms with Crippen LogP contribution in [0.1, 0.15) is 31.9 Å². The van der Waals surface area contributed by atoms with Gasteiger partial charge < -0.3 is 10.0 Å². The summed E-state index contributed by atoms with van der Waals surface area (Å²) in [4.78, 5) is 17.0. The van der Waals surface area contributed by atoms with Crippen LogP contribution in [0.15, 0.2) is 5.38 Å². The molecule has 0 aliphatic rings. The molecule has 0 amide bonds. The van der Waals surface area contributed by atoms with Crippen LogP contribution in [0.25, 0.3) is 0 Å². The average molecular weight is 242 g/mol. The quantitative estimate of drug-likeness (QED) is 0.798. The van der Waals surface area contributed by atoms with Gasteiger partial charge in [0.2, 0.25) is 0 Å². The van der Waals surface area contributed by atoms with Crippen molar-refractivity contribution in [2.75, 3.05) is 18.0 Å². The van der Waals surface area contributed by atoms with Crippen molar-refractivity contribution < 1.29 is 9.90 Å². The molecular formula is C11H18N2O2S. The van der Waals surface area contributed by atoms with E-state index >= 15 is 0 Å². The zero-order valence-corrected chi connectivity index (χ0v) is 10.6. The molecule has 90 valence electrons. The number of aromatic nitrogens is 1. The lowest BCUT2D eigenvalue weighted by Crippen LogP contribution is -2.27. The molecule has 1 aromatic heterocycles. The van der Waals surface area contributed by atoms with Crippen molar-refractivity contribution in [1.29, 1.82) is 0 Å². The van der Waals surface area contributed by atoms with Gasteiger partial charge in [-0.25, -0.2) is 4.98 Å². The first kappa shape index (κ1) is 13.0. The average Bonchev–Trinajstić information content (AvgIpc) is 2.64. The predicted molar refractivity (Wildman–Crippen MR) is 66.2 cm³/mol. The third-order valence-electron chi connectivity index (χ3n) is 2.25. The van der Waals surface area contributed by atoms with E-state index < -0.39 is 5.97 Å². The fraction of sp³-hybridized carbons (Fsp3) is 0.636. The number of aliphatic carboxylic acids is 1. The van der Waals surface area contributed by atoms with Crippen molar-refractivity contribution in [2.45, 2.75) is 33.1 Å². The summed E-state index contributed by atoms with van der Waals surface area (Å²) >= 11 is 1.58. The summed E-state index contributed by atoms with van der Waals surface area (Å²) in [7, 11) is 0. The summed E-state index contributed by atoms with van der Waals surface area (Å²) in [6.07, 6.45) is 2.34. The second kappa shape index (κ2) is 6.48. The third kappa shape index (κ3) is 4.18. The maximum absolute atomic E-state index is 10.6. The first-order valence-electron chi connectivity index (χ1n) is 5.52. The highest BCUT2D eigenvalue weighted by molar-refractivity contribution is 7.13. The van der Waals surface area contributed by atoms with E-state index in [1.807, 2.05) is 12.3 Å². The van der Waals surface area contributed by atoms with E-state index in [2.05, 4.69) is 16.8 Å². The highest BCUT2D eigenvalue weighted by Gasteiger charge is 2.11. The Morgan fingerprint density at radius 2 is 2.31 bits per heavy atom. The Hall–Kier alpha value is -1.10. The molecule has 0 aromatic carbocycles. The molecule has 1 aromatic rings. The minimum atomic E-state index is -0.755. The Kier molecular flexibility index (Phi) is 5.25. The number of carboxylic acid groups (broad SMARTS) is 1. The monoisotopic (exact) mass is 242 g/mol. The van der Waals surface area contributed by atoms with Gasteiger partial charge in [-0.05, 0) is 13.3 Å². The fourth-order valence-electron chi connectivity index (χ4n) is 1.37. The van der Waals surface area contributed by atoms with Crippen LogP contribution >= 0.6 is 11.3 Å². The van der Waals surface area contributed by atoms with Gasteiger partial charge in [-0.15, -0.1) is 11.3 Å². The van der Waals surface area contributed by atoms with E-state index in [0.717, 1.165) is 30.2 Å². The highest BCUT2D eigenvalue weighted by Crippen LogP contribution is 2.20. The summed E-state index contributed by atoms with van der Waals surface area (Å²) in [6, 6.07) is 0. The molecule has 0 saturated carbocycles. The van der Waals surface area contributed by atoms with E-state index in [1.165, 1.54) is 0 Å². The molecule has 0 fully saturated rings. The van der Waals surface area contributed by atoms with Gasteiger partial charge in [-0.3, -0.25) is 4.79 Å². The number of carbonyl (C=O) groups is 1.